The normalized spacial score (nSPS) is 14.0. The standard InChI is InChI=1S/C18H22N4O2S/c1-24-17-16(3-2-8-19-17)21-18(23)20-13-14-4-6-15(7-5-14)22-9-11-25-12-10-22/h2-8H,9-13H2,1H3,(H2,20,21,23). The molecule has 132 valence electrons. The fourth-order valence-corrected chi connectivity index (χ4v) is 3.55. The summed E-state index contributed by atoms with van der Waals surface area (Å²) in [7, 11) is 1.52. The fourth-order valence-electron chi connectivity index (χ4n) is 2.64. The van der Waals surface area contributed by atoms with Crippen molar-refractivity contribution in [1.29, 1.82) is 0 Å². The summed E-state index contributed by atoms with van der Waals surface area (Å²) in [5.74, 6) is 2.75. The number of hydrogen-bond acceptors (Lipinski definition) is 5. The molecule has 0 atom stereocenters. The summed E-state index contributed by atoms with van der Waals surface area (Å²) in [5, 5.41) is 5.59. The number of amides is 2. The molecule has 0 radical (unpaired) electrons. The minimum Gasteiger partial charge on any atom is -0.480 e. The van der Waals surface area contributed by atoms with Crippen LogP contribution in [-0.4, -0.2) is 42.7 Å². The van der Waals surface area contributed by atoms with Crippen molar-refractivity contribution in [2.75, 3.05) is 41.9 Å². The van der Waals surface area contributed by atoms with Gasteiger partial charge in [0.1, 0.15) is 5.69 Å². The number of pyridine rings is 1. The SMILES string of the molecule is COc1ncccc1NC(=O)NCc1ccc(N2CCSCC2)cc1. The number of benzene rings is 1. The van der Waals surface area contributed by atoms with E-state index in [-0.39, 0.29) is 6.03 Å². The molecule has 6 nitrogen and oxygen atoms in total. The van der Waals surface area contributed by atoms with Crippen molar-refractivity contribution in [3.63, 3.8) is 0 Å². The average molecular weight is 358 g/mol. The van der Waals surface area contributed by atoms with Crippen molar-refractivity contribution in [2.45, 2.75) is 6.54 Å². The van der Waals surface area contributed by atoms with Crippen LogP contribution in [0.5, 0.6) is 5.88 Å². The Balaban J connectivity index is 1.51. The van der Waals surface area contributed by atoms with Crippen LogP contribution in [0.3, 0.4) is 0 Å². The van der Waals surface area contributed by atoms with Gasteiger partial charge < -0.3 is 20.3 Å². The number of methoxy groups -OCH3 is 1. The van der Waals surface area contributed by atoms with Crippen molar-refractivity contribution >= 4 is 29.2 Å². The molecule has 25 heavy (non-hydrogen) atoms. The Bertz CT molecular complexity index is 702. The Hall–Kier alpha value is -2.41. The zero-order valence-corrected chi connectivity index (χ0v) is 15.0. The summed E-state index contributed by atoms with van der Waals surface area (Å²) in [6.07, 6.45) is 1.62. The molecule has 1 fully saturated rings. The average Bonchev–Trinajstić information content (AvgIpc) is 2.68. The summed E-state index contributed by atoms with van der Waals surface area (Å²) >= 11 is 2.00. The molecule has 0 spiro atoms. The van der Waals surface area contributed by atoms with E-state index >= 15 is 0 Å². The smallest absolute Gasteiger partial charge is 0.319 e. The Kier molecular flexibility index (Phi) is 6.00. The highest BCUT2D eigenvalue weighted by molar-refractivity contribution is 7.99. The molecule has 2 N–H and O–H groups in total. The third-order valence-electron chi connectivity index (χ3n) is 3.98. The number of ether oxygens (including phenoxy) is 1. The van der Waals surface area contributed by atoms with Gasteiger partial charge in [0, 0.05) is 43.0 Å². The van der Waals surface area contributed by atoms with Crippen molar-refractivity contribution < 1.29 is 9.53 Å². The minimum atomic E-state index is -0.288. The van der Waals surface area contributed by atoms with E-state index in [0.717, 1.165) is 18.7 Å². The van der Waals surface area contributed by atoms with Crippen LogP contribution in [0.2, 0.25) is 0 Å². The Morgan fingerprint density at radius 2 is 2.00 bits per heavy atom. The molecule has 1 aromatic carbocycles. The second kappa shape index (κ2) is 8.62. The first kappa shape index (κ1) is 17.4. The summed E-state index contributed by atoms with van der Waals surface area (Å²) in [6, 6.07) is 11.6. The van der Waals surface area contributed by atoms with Gasteiger partial charge in [0.2, 0.25) is 5.88 Å². The number of carbonyl (C=O) groups is 1. The third-order valence-corrected chi connectivity index (χ3v) is 4.92. The van der Waals surface area contributed by atoms with E-state index in [2.05, 4.69) is 44.8 Å². The molecule has 0 bridgehead atoms. The van der Waals surface area contributed by atoms with Gasteiger partial charge in [-0.25, -0.2) is 9.78 Å². The lowest BCUT2D eigenvalue weighted by Gasteiger charge is -2.28. The van der Waals surface area contributed by atoms with Gasteiger partial charge in [0.15, 0.2) is 0 Å². The summed E-state index contributed by atoms with van der Waals surface area (Å²) < 4.78 is 5.12. The largest absolute Gasteiger partial charge is 0.480 e. The number of nitrogens with zero attached hydrogens (tertiary/aromatic N) is 2. The van der Waals surface area contributed by atoms with Crippen LogP contribution in [-0.2, 0) is 6.54 Å². The van der Waals surface area contributed by atoms with Crippen LogP contribution >= 0.6 is 11.8 Å². The monoisotopic (exact) mass is 358 g/mol. The molecule has 2 heterocycles. The molecular weight excluding hydrogens is 336 g/mol. The minimum absolute atomic E-state index is 0.288. The molecule has 0 aliphatic carbocycles. The highest BCUT2D eigenvalue weighted by Crippen LogP contribution is 2.21. The van der Waals surface area contributed by atoms with Gasteiger partial charge in [-0.3, -0.25) is 0 Å². The van der Waals surface area contributed by atoms with Crippen LogP contribution in [0.1, 0.15) is 5.56 Å². The van der Waals surface area contributed by atoms with E-state index in [0.29, 0.717) is 18.1 Å². The van der Waals surface area contributed by atoms with E-state index in [9.17, 15) is 4.79 Å². The van der Waals surface area contributed by atoms with E-state index in [4.69, 9.17) is 4.74 Å². The van der Waals surface area contributed by atoms with Gasteiger partial charge in [0.05, 0.1) is 7.11 Å². The van der Waals surface area contributed by atoms with Gasteiger partial charge in [-0.05, 0) is 29.8 Å². The molecule has 7 heteroatoms. The predicted octanol–water partition coefficient (Wildman–Crippen LogP) is 2.97. The van der Waals surface area contributed by atoms with Crippen molar-refractivity contribution in [3.05, 3.63) is 48.2 Å². The molecule has 3 rings (SSSR count). The number of carbonyl (C=O) groups excluding carboxylic acids is 1. The second-order valence-electron chi connectivity index (χ2n) is 5.63. The maximum Gasteiger partial charge on any atom is 0.319 e. The lowest BCUT2D eigenvalue weighted by Crippen LogP contribution is -2.32. The van der Waals surface area contributed by atoms with Crippen molar-refractivity contribution in [2.24, 2.45) is 0 Å². The summed E-state index contributed by atoms with van der Waals surface area (Å²) in [5.41, 5.74) is 2.85. The Morgan fingerprint density at radius 1 is 1.24 bits per heavy atom. The zero-order chi connectivity index (χ0) is 17.5. The Labute approximate surface area is 152 Å². The first-order valence-corrected chi connectivity index (χ1v) is 9.37. The van der Waals surface area contributed by atoms with Gasteiger partial charge >= 0.3 is 6.03 Å². The van der Waals surface area contributed by atoms with E-state index in [1.165, 1.54) is 24.3 Å². The number of hydrogen-bond donors (Lipinski definition) is 2. The summed E-state index contributed by atoms with van der Waals surface area (Å²) in [6.45, 7) is 2.65. The van der Waals surface area contributed by atoms with E-state index < -0.39 is 0 Å². The number of thioether (sulfide) groups is 1. The predicted molar refractivity (Wildman–Crippen MR) is 103 cm³/mol. The molecular formula is C18H22N4O2S. The lowest BCUT2D eigenvalue weighted by atomic mass is 10.2. The van der Waals surface area contributed by atoms with Gasteiger partial charge in [-0.2, -0.15) is 11.8 Å². The van der Waals surface area contributed by atoms with E-state index in [1.807, 2.05) is 11.8 Å². The highest BCUT2D eigenvalue weighted by atomic mass is 32.2. The van der Waals surface area contributed by atoms with E-state index in [1.54, 1.807) is 18.3 Å². The molecule has 0 unspecified atom stereocenters. The maximum atomic E-state index is 12.1. The quantitative estimate of drug-likeness (QED) is 0.860. The number of rotatable bonds is 5. The second-order valence-corrected chi connectivity index (χ2v) is 6.86. The topological polar surface area (TPSA) is 66.5 Å². The summed E-state index contributed by atoms with van der Waals surface area (Å²) in [4.78, 5) is 18.5. The van der Waals surface area contributed by atoms with Gasteiger partial charge in [-0.1, -0.05) is 12.1 Å². The van der Waals surface area contributed by atoms with Crippen LogP contribution in [0.25, 0.3) is 0 Å². The fraction of sp³-hybridized carbons (Fsp3) is 0.333. The third kappa shape index (κ3) is 4.79. The molecule has 1 aliphatic heterocycles. The lowest BCUT2D eigenvalue weighted by molar-refractivity contribution is 0.251. The highest BCUT2D eigenvalue weighted by Gasteiger charge is 2.11. The van der Waals surface area contributed by atoms with Crippen LogP contribution in [0.15, 0.2) is 42.6 Å². The molecule has 2 amide bonds. The molecule has 2 aromatic rings. The van der Waals surface area contributed by atoms with Crippen LogP contribution < -0.4 is 20.3 Å². The first-order valence-electron chi connectivity index (χ1n) is 8.22. The van der Waals surface area contributed by atoms with Crippen LogP contribution in [0.4, 0.5) is 16.2 Å². The molecule has 1 aliphatic rings. The molecule has 1 aromatic heterocycles. The van der Waals surface area contributed by atoms with Gasteiger partial charge in [-0.15, -0.1) is 0 Å². The zero-order valence-electron chi connectivity index (χ0n) is 14.2. The van der Waals surface area contributed by atoms with Gasteiger partial charge in [0.25, 0.3) is 0 Å². The number of urea groups is 1. The number of anilines is 2. The first-order chi connectivity index (χ1) is 12.3. The van der Waals surface area contributed by atoms with Crippen molar-refractivity contribution in [3.8, 4) is 5.88 Å². The maximum absolute atomic E-state index is 12.1. The van der Waals surface area contributed by atoms with Crippen LogP contribution in [0, 0.1) is 0 Å². The van der Waals surface area contributed by atoms with Crippen molar-refractivity contribution in [1.82, 2.24) is 10.3 Å². The molecule has 0 saturated carbocycles. The number of nitrogens with one attached hydrogen (secondary N) is 2. The Morgan fingerprint density at radius 3 is 2.72 bits per heavy atom. The number of aromatic nitrogens is 1. The molecule has 1 saturated heterocycles.